The number of anilines is 1. The van der Waals surface area contributed by atoms with Crippen LogP contribution in [0.1, 0.15) is 24.7 Å². The number of rotatable bonds is 8. The Bertz CT molecular complexity index is 1310. The predicted molar refractivity (Wildman–Crippen MR) is 133 cm³/mol. The van der Waals surface area contributed by atoms with Crippen LogP contribution in [-0.4, -0.2) is 58.3 Å². The lowest BCUT2D eigenvalue weighted by atomic mass is 10.2. The Morgan fingerprint density at radius 1 is 1.25 bits per heavy atom. The van der Waals surface area contributed by atoms with Crippen LogP contribution in [0.3, 0.4) is 0 Å². The van der Waals surface area contributed by atoms with Gasteiger partial charge in [0.1, 0.15) is 17.3 Å². The summed E-state index contributed by atoms with van der Waals surface area (Å²) < 4.78 is 43.0. The van der Waals surface area contributed by atoms with Crippen molar-refractivity contribution >= 4 is 23.4 Å². The lowest BCUT2D eigenvalue weighted by Gasteiger charge is -2.26. The summed E-state index contributed by atoms with van der Waals surface area (Å²) in [6, 6.07) is 1.16. The van der Waals surface area contributed by atoms with Crippen LogP contribution in [0.2, 0.25) is 0 Å². The lowest BCUT2D eigenvalue weighted by molar-refractivity contribution is 0.358. The minimum Gasteiger partial charge on any atom is -0.493 e. The smallest absolute Gasteiger partial charge is 0.191 e. The fraction of sp³-hybridized carbons (Fsp3) is 0.292. The summed E-state index contributed by atoms with van der Waals surface area (Å²) in [5.74, 6) is -1.08. The highest BCUT2D eigenvalue weighted by Gasteiger charge is 2.28. The number of nitrogens with zero attached hydrogens (tertiary/aromatic N) is 7. The number of benzene rings is 1. The number of aliphatic imine (C=N–C) groups is 3. The molecule has 0 bridgehead atoms. The van der Waals surface area contributed by atoms with Gasteiger partial charge in [-0.3, -0.25) is 9.67 Å². The van der Waals surface area contributed by atoms with Crippen LogP contribution in [0.15, 0.2) is 57.7 Å². The molecule has 188 valence electrons. The molecule has 0 fully saturated rings. The maximum absolute atomic E-state index is 15.5. The van der Waals surface area contributed by atoms with E-state index in [1.165, 1.54) is 19.1 Å². The average Bonchev–Trinajstić information content (AvgIpc) is 3.49. The molecule has 10 nitrogen and oxygen atoms in total. The van der Waals surface area contributed by atoms with Gasteiger partial charge in [0.25, 0.3) is 0 Å². The molecular formula is C24H26F2N8O2. The molecule has 4 rings (SSSR count). The second-order valence-electron chi connectivity index (χ2n) is 7.74. The number of hydrogen-bond acceptors (Lipinski definition) is 7. The van der Waals surface area contributed by atoms with E-state index >= 15 is 8.78 Å². The van der Waals surface area contributed by atoms with Crippen molar-refractivity contribution in [1.29, 1.82) is 0 Å². The van der Waals surface area contributed by atoms with Crippen LogP contribution >= 0.6 is 0 Å². The Morgan fingerprint density at radius 2 is 2.00 bits per heavy atom. The number of H-pyrrole nitrogens is 1. The van der Waals surface area contributed by atoms with E-state index in [0.29, 0.717) is 18.1 Å². The molecule has 36 heavy (non-hydrogen) atoms. The number of ether oxygens (including phenoxy) is 2. The molecule has 1 aromatic carbocycles. The van der Waals surface area contributed by atoms with Crippen molar-refractivity contribution in [3.63, 3.8) is 0 Å². The summed E-state index contributed by atoms with van der Waals surface area (Å²) in [4.78, 5) is 22.3. The van der Waals surface area contributed by atoms with Crippen molar-refractivity contribution in [2.24, 2.45) is 22.0 Å². The van der Waals surface area contributed by atoms with E-state index in [2.05, 4.69) is 25.1 Å². The number of nitrogens with one attached hydrogen (secondary N) is 1. The van der Waals surface area contributed by atoms with Crippen molar-refractivity contribution in [3.8, 4) is 11.5 Å². The van der Waals surface area contributed by atoms with E-state index in [0.717, 1.165) is 17.3 Å². The van der Waals surface area contributed by atoms with Crippen LogP contribution in [0.5, 0.6) is 11.5 Å². The minimum absolute atomic E-state index is 0.0178. The maximum Gasteiger partial charge on any atom is 0.191 e. The third-order valence-corrected chi connectivity index (χ3v) is 5.41. The van der Waals surface area contributed by atoms with Gasteiger partial charge in [0, 0.05) is 49.9 Å². The normalized spacial score (nSPS) is 15.1. The Hall–Kier alpha value is -4.35. The number of aromatic amines is 1. The molecular weight excluding hydrogens is 470 g/mol. The molecule has 0 saturated carbocycles. The van der Waals surface area contributed by atoms with Crippen molar-refractivity contribution in [3.05, 3.63) is 65.8 Å². The van der Waals surface area contributed by atoms with Gasteiger partial charge in [0.2, 0.25) is 0 Å². The van der Waals surface area contributed by atoms with Gasteiger partial charge in [-0.1, -0.05) is 0 Å². The summed E-state index contributed by atoms with van der Waals surface area (Å²) in [7, 11) is 4.41. The van der Waals surface area contributed by atoms with E-state index < -0.39 is 17.3 Å². The number of hydrogen-bond donors (Lipinski definition) is 1. The van der Waals surface area contributed by atoms with Crippen molar-refractivity contribution in [1.82, 2.24) is 19.7 Å². The highest BCUT2D eigenvalue weighted by atomic mass is 19.1. The highest BCUT2D eigenvalue weighted by Crippen LogP contribution is 2.39. The zero-order valence-corrected chi connectivity index (χ0v) is 20.4. The first-order valence-corrected chi connectivity index (χ1v) is 11.1. The molecule has 3 heterocycles. The Labute approximate surface area is 206 Å². The fourth-order valence-electron chi connectivity index (χ4n) is 3.68. The highest BCUT2D eigenvalue weighted by molar-refractivity contribution is 6.14. The Morgan fingerprint density at radius 3 is 2.58 bits per heavy atom. The number of imidazole rings is 1. The molecule has 1 aliphatic rings. The van der Waals surface area contributed by atoms with Gasteiger partial charge in [0.05, 0.1) is 39.2 Å². The topological polar surface area (TPSA) is 105 Å². The molecule has 0 spiro atoms. The van der Waals surface area contributed by atoms with Gasteiger partial charge >= 0.3 is 0 Å². The average molecular weight is 497 g/mol. The quantitative estimate of drug-likeness (QED) is 0.512. The molecule has 12 heteroatoms. The van der Waals surface area contributed by atoms with Crippen molar-refractivity contribution in [2.75, 3.05) is 25.7 Å². The first-order chi connectivity index (χ1) is 17.4. The van der Waals surface area contributed by atoms with Crippen molar-refractivity contribution in [2.45, 2.75) is 19.9 Å². The van der Waals surface area contributed by atoms with Gasteiger partial charge in [-0.2, -0.15) is 5.10 Å². The van der Waals surface area contributed by atoms with Crippen LogP contribution in [0, 0.1) is 11.6 Å². The molecule has 0 amide bonds. The third kappa shape index (κ3) is 5.16. The number of aryl methyl sites for hydroxylation is 1. The second-order valence-corrected chi connectivity index (χ2v) is 7.74. The van der Waals surface area contributed by atoms with Gasteiger partial charge < -0.3 is 19.4 Å². The van der Waals surface area contributed by atoms with Gasteiger partial charge in [-0.25, -0.2) is 23.7 Å². The van der Waals surface area contributed by atoms with Crippen LogP contribution in [0.25, 0.3) is 0 Å². The molecule has 0 radical (unpaired) electrons. The van der Waals surface area contributed by atoms with E-state index in [1.807, 2.05) is 13.2 Å². The lowest BCUT2D eigenvalue weighted by Crippen LogP contribution is -2.25. The number of halogens is 2. The Kier molecular flexibility index (Phi) is 7.52. The molecule has 1 aliphatic heterocycles. The van der Waals surface area contributed by atoms with Gasteiger partial charge in [-0.05, 0) is 13.0 Å². The van der Waals surface area contributed by atoms with Crippen LogP contribution in [-0.2, 0) is 13.6 Å². The second kappa shape index (κ2) is 10.9. The van der Waals surface area contributed by atoms with Crippen LogP contribution < -0.4 is 14.4 Å². The van der Waals surface area contributed by atoms with E-state index in [4.69, 9.17) is 14.5 Å². The predicted octanol–water partition coefficient (Wildman–Crippen LogP) is 3.67. The maximum atomic E-state index is 15.5. The van der Waals surface area contributed by atoms with E-state index in [-0.39, 0.29) is 30.4 Å². The number of aromatic nitrogens is 4. The molecule has 2 aromatic heterocycles. The number of methoxy groups -OCH3 is 2. The third-order valence-electron chi connectivity index (χ3n) is 5.41. The summed E-state index contributed by atoms with van der Waals surface area (Å²) in [5.41, 5.74) is 1.17. The van der Waals surface area contributed by atoms with Gasteiger partial charge in [-0.15, -0.1) is 0 Å². The summed E-state index contributed by atoms with van der Waals surface area (Å²) in [5, 5.41) is 4.20. The summed E-state index contributed by atoms with van der Waals surface area (Å²) >= 11 is 0. The van der Waals surface area contributed by atoms with Crippen molar-refractivity contribution < 1.29 is 18.3 Å². The first kappa shape index (κ1) is 24.8. The van der Waals surface area contributed by atoms with Crippen LogP contribution in [0.4, 0.5) is 14.5 Å². The molecule has 0 aliphatic carbocycles. The first-order valence-electron chi connectivity index (χ1n) is 11.1. The SMILES string of the molecule is C/C=C(\N=C1CN=CCC(c2cnn(C)c2)=N1)N(Cc1ncc[nH]1)c1c(F)c(OC)cc(OC)c1F. The molecule has 0 saturated heterocycles. The molecule has 3 aromatic rings. The summed E-state index contributed by atoms with van der Waals surface area (Å²) in [6.45, 7) is 1.89. The Balaban J connectivity index is 1.83. The van der Waals surface area contributed by atoms with E-state index in [1.54, 1.807) is 42.5 Å². The monoisotopic (exact) mass is 496 g/mol. The zero-order valence-electron chi connectivity index (χ0n) is 20.4. The largest absolute Gasteiger partial charge is 0.493 e. The minimum atomic E-state index is -0.902. The number of allylic oxidation sites excluding steroid dienone is 1. The molecule has 1 N–H and O–H groups in total. The summed E-state index contributed by atoms with van der Waals surface area (Å²) in [6.07, 6.45) is 10.6. The van der Waals surface area contributed by atoms with E-state index in [9.17, 15) is 0 Å². The number of amidine groups is 1. The fourth-order valence-corrected chi connectivity index (χ4v) is 3.68. The standard InChI is InChI=1S/C24H26F2N8O2/c1-5-21(32-19-12-27-7-6-16(31-19)15-11-30-33(2)13-15)34(14-20-28-8-9-29-20)24-22(25)17(35-3)10-18(36-4)23(24)26/h5,7-11,13H,6,12,14H2,1-4H3,(H,28,29)/b21-5+,32-19?. The molecule has 0 unspecified atom stereocenters. The molecule has 0 atom stereocenters. The van der Waals surface area contributed by atoms with Gasteiger partial charge in [0.15, 0.2) is 29.0 Å². The zero-order chi connectivity index (χ0) is 25.7.